The Kier molecular flexibility index (Phi) is 3.58. The molecule has 90 valence electrons. The van der Waals surface area contributed by atoms with Crippen LogP contribution in [0.1, 0.15) is 6.92 Å². The minimum absolute atomic E-state index is 0.447. The number of allylic oxidation sites excluding steroid dienone is 10. The lowest BCUT2D eigenvalue weighted by atomic mass is 10.0. The molecule has 0 aromatic rings. The Morgan fingerprint density at radius 2 is 2.00 bits per heavy atom. The molecule has 0 amide bonds. The zero-order valence-electron chi connectivity index (χ0n) is 10.2. The van der Waals surface area contributed by atoms with Crippen LogP contribution in [-0.4, -0.2) is 5.97 Å². The van der Waals surface area contributed by atoms with Crippen LogP contribution in [0.5, 0.6) is 0 Å². The van der Waals surface area contributed by atoms with Crippen LogP contribution in [0.3, 0.4) is 0 Å². The number of rotatable bonds is 2. The van der Waals surface area contributed by atoms with E-state index in [1.54, 1.807) is 0 Å². The summed E-state index contributed by atoms with van der Waals surface area (Å²) in [6.45, 7) is 5.33. The van der Waals surface area contributed by atoms with E-state index >= 15 is 0 Å². The third-order valence-corrected chi connectivity index (χ3v) is 2.67. The normalized spacial score (nSPS) is 17.4. The van der Waals surface area contributed by atoms with E-state index < -0.39 is 5.97 Å². The molecule has 0 radical (unpaired) electrons. The predicted molar refractivity (Wildman–Crippen MR) is 72.6 cm³/mol. The molecule has 2 nitrogen and oxygen atoms in total. The summed E-state index contributed by atoms with van der Waals surface area (Å²) in [5.74, 6) is 0.133. The van der Waals surface area contributed by atoms with Crippen LogP contribution in [0.4, 0.5) is 0 Å². The number of fused-ring (bicyclic) bond motifs is 1. The van der Waals surface area contributed by atoms with Gasteiger partial charge in [-0.25, -0.2) is 4.79 Å². The molecule has 2 heteroatoms. The Morgan fingerprint density at radius 1 is 1.17 bits per heavy atom. The van der Waals surface area contributed by atoms with Gasteiger partial charge in [0, 0.05) is 11.6 Å². The van der Waals surface area contributed by atoms with Crippen LogP contribution in [0.25, 0.3) is 0 Å². The van der Waals surface area contributed by atoms with E-state index in [2.05, 4.69) is 6.58 Å². The van der Waals surface area contributed by atoms with Crippen LogP contribution in [0.15, 0.2) is 83.7 Å². The largest absolute Gasteiger partial charge is 0.422 e. The molecule has 0 spiro atoms. The fourth-order valence-electron chi connectivity index (χ4n) is 1.78. The fourth-order valence-corrected chi connectivity index (χ4v) is 1.78. The maximum absolute atomic E-state index is 11.4. The van der Waals surface area contributed by atoms with Gasteiger partial charge in [0.25, 0.3) is 0 Å². The van der Waals surface area contributed by atoms with Crippen LogP contribution in [-0.2, 0) is 9.53 Å². The van der Waals surface area contributed by atoms with Gasteiger partial charge in [-0.2, -0.15) is 0 Å². The molecule has 0 fully saturated rings. The van der Waals surface area contributed by atoms with Gasteiger partial charge in [-0.15, -0.1) is 0 Å². The van der Waals surface area contributed by atoms with E-state index in [0.29, 0.717) is 5.76 Å². The number of carbonyl (C=O) groups is 1. The van der Waals surface area contributed by atoms with Gasteiger partial charge >= 0.3 is 5.97 Å². The smallest absolute Gasteiger partial charge is 0.335 e. The van der Waals surface area contributed by atoms with E-state index in [9.17, 15) is 4.79 Å². The molecule has 18 heavy (non-hydrogen) atoms. The molecule has 0 N–H and O–H groups in total. The van der Waals surface area contributed by atoms with Crippen molar-refractivity contribution < 1.29 is 9.53 Å². The van der Waals surface area contributed by atoms with Gasteiger partial charge in [0.2, 0.25) is 0 Å². The first kappa shape index (κ1) is 12.1. The highest BCUT2D eigenvalue weighted by molar-refractivity contribution is 5.83. The summed E-state index contributed by atoms with van der Waals surface area (Å²) in [6, 6.07) is 0. The molecule has 0 aromatic heterocycles. The molecule has 2 aliphatic carbocycles. The van der Waals surface area contributed by atoms with Crippen molar-refractivity contribution in [2.75, 3.05) is 0 Å². The summed E-state index contributed by atoms with van der Waals surface area (Å²) in [7, 11) is 0. The lowest BCUT2D eigenvalue weighted by Crippen LogP contribution is -2.05. The molecule has 0 aromatic carbocycles. The summed E-state index contributed by atoms with van der Waals surface area (Å²) in [5, 5.41) is 0. The molecular formula is C16H14O2. The zero-order chi connectivity index (χ0) is 13.0. The minimum atomic E-state index is -0.447. The first-order valence-corrected chi connectivity index (χ1v) is 5.71. The van der Waals surface area contributed by atoms with E-state index in [1.165, 1.54) is 6.08 Å². The lowest BCUT2D eigenvalue weighted by molar-refractivity contribution is -0.133. The van der Waals surface area contributed by atoms with Crippen molar-refractivity contribution in [3.8, 4) is 0 Å². The third-order valence-electron chi connectivity index (χ3n) is 2.67. The molecule has 0 unspecified atom stereocenters. The quantitative estimate of drug-likeness (QED) is 0.543. The van der Waals surface area contributed by atoms with Crippen molar-refractivity contribution in [3.63, 3.8) is 0 Å². The van der Waals surface area contributed by atoms with Crippen LogP contribution in [0, 0.1) is 0 Å². The van der Waals surface area contributed by atoms with Gasteiger partial charge < -0.3 is 4.74 Å². The summed E-state index contributed by atoms with van der Waals surface area (Å²) in [5.41, 5.74) is 2.82. The van der Waals surface area contributed by atoms with Gasteiger partial charge in [0.1, 0.15) is 5.76 Å². The Hall–Kier alpha value is -2.35. The van der Waals surface area contributed by atoms with E-state index in [4.69, 9.17) is 4.74 Å². The maximum atomic E-state index is 11.4. The molecule has 0 aliphatic heterocycles. The Morgan fingerprint density at radius 3 is 2.78 bits per heavy atom. The van der Waals surface area contributed by atoms with Crippen molar-refractivity contribution in [1.82, 2.24) is 0 Å². The second-order valence-electron chi connectivity index (χ2n) is 3.94. The molecular weight excluding hydrogens is 224 g/mol. The standard InChI is InChI=1S/C16H14O2/c1-3-15(17)18-16-12(2)8-7-10-13-9-5-4-6-11-14(13)16/h3-11H,1H2,2H3. The number of hydrogen-bond acceptors (Lipinski definition) is 2. The van der Waals surface area contributed by atoms with Crippen molar-refractivity contribution in [2.24, 2.45) is 0 Å². The van der Waals surface area contributed by atoms with Gasteiger partial charge in [0.15, 0.2) is 0 Å². The highest BCUT2D eigenvalue weighted by Gasteiger charge is 2.17. The minimum Gasteiger partial charge on any atom is -0.422 e. The molecule has 0 saturated carbocycles. The predicted octanol–water partition coefficient (Wildman–Crippen LogP) is 3.54. The van der Waals surface area contributed by atoms with Crippen LogP contribution in [0.2, 0.25) is 0 Å². The number of hydrogen-bond donors (Lipinski definition) is 0. The van der Waals surface area contributed by atoms with E-state index in [0.717, 1.165) is 16.7 Å². The molecule has 2 aliphatic rings. The lowest BCUT2D eigenvalue weighted by Gasteiger charge is -2.12. The van der Waals surface area contributed by atoms with Gasteiger partial charge in [-0.05, 0) is 18.1 Å². The first-order valence-electron chi connectivity index (χ1n) is 5.71. The van der Waals surface area contributed by atoms with Gasteiger partial charge in [0.05, 0.1) is 0 Å². The Labute approximate surface area is 107 Å². The number of esters is 1. The van der Waals surface area contributed by atoms with E-state index in [1.807, 2.05) is 55.5 Å². The van der Waals surface area contributed by atoms with Crippen LogP contribution < -0.4 is 0 Å². The molecule has 0 atom stereocenters. The zero-order valence-corrected chi connectivity index (χ0v) is 10.2. The van der Waals surface area contributed by atoms with Crippen LogP contribution >= 0.6 is 0 Å². The summed E-state index contributed by atoms with van der Waals surface area (Å²) >= 11 is 0. The monoisotopic (exact) mass is 238 g/mol. The van der Waals surface area contributed by atoms with Crippen molar-refractivity contribution in [2.45, 2.75) is 6.92 Å². The topological polar surface area (TPSA) is 26.3 Å². The van der Waals surface area contributed by atoms with Crippen molar-refractivity contribution in [3.05, 3.63) is 83.7 Å². The average molecular weight is 238 g/mol. The Balaban J connectivity index is 2.49. The third kappa shape index (κ3) is 2.48. The molecule has 2 rings (SSSR count). The average Bonchev–Trinajstić information content (AvgIpc) is 2.67. The van der Waals surface area contributed by atoms with Crippen molar-refractivity contribution in [1.29, 1.82) is 0 Å². The van der Waals surface area contributed by atoms with Crippen molar-refractivity contribution >= 4 is 5.97 Å². The highest BCUT2D eigenvalue weighted by Crippen LogP contribution is 2.29. The van der Waals surface area contributed by atoms with Gasteiger partial charge in [-0.1, -0.05) is 55.2 Å². The first-order chi connectivity index (χ1) is 8.72. The SMILES string of the molecule is C=CC(=O)OC1=C(C)C=CC=C2C=CC=CC=C21. The molecule has 0 bridgehead atoms. The maximum Gasteiger partial charge on any atom is 0.335 e. The Bertz CT molecular complexity index is 564. The molecule has 0 saturated heterocycles. The highest BCUT2D eigenvalue weighted by atomic mass is 16.5. The summed E-state index contributed by atoms with van der Waals surface area (Å²) in [6.07, 6.45) is 16.8. The second-order valence-corrected chi connectivity index (χ2v) is 3.94. The van der Waals surface area contributed by atoms with E-state index in [-0.39, 0.29) is 0 Å². The summed E-state index contributed by atoms with van der Waals surface area (Å²) < 4.78 is 5.35. The fraction of sp³-hybridized carbons (Fsp3) is 0.0625. The van der Waals surface area contributed by atoms with Gasteiger partial charge in [-0.3, -0.25) is 0 Å². The number of ether oxygens (including phenoxy) is 1. The molecule has 0 heterocycles. The number of carbonyl (C=O) groups excluding carboxylic acids is 1. The second kappa shape index (κ2) is 5.32. The summed E-state index contributed by atoms with van der Waals surface area (Å²) in [4.78, 5) is 11.4.